The van der Waals surface area contributed by atoms with Crippen molar-refractivity contribution < 1.29 is 5.11 Å². The molecule has 82 valence electrons. The molecule has 0 aromatic rings. The highest BCUT2D eigenvalue weighted by atomic mass is 16.3. The summed E-state index contributed by atoms with van der Waals surface area (Å²) in [5.74, 6) is 0.879. The van der Waals surface area contributed by atoms with E-state index in [1.807, 2.05) is 0 Å². The van der Waals surface area contributed by atoms with E-state index in [1.165, 1.54) is 32.1 Å². The van der Waals surface area contributed by atoms with Gasteiger partial charge in [-0.05, 0) is 38.5 Å². The molecule has 2 N–H and O–H groups in total. The van der Waals surface area contributed by atoms with Crippen molar-refractivity contribution in [3.63, 3.8) is 0 Å². The molecule has 2 nitrogen and oxygen atoms in total. The van der Waals surface area contributed by atoms with Crippen LogP contribution in [0.5, 0.6) is 0 Å². The molecule has 2 aliphatic rings. The van der Waals surface area contributed by atoms with Crippen molar-refractivity contribution in [3.8, 4) is 0 Å². The van der Waals surface area contributed by atoms with Gasteiger partial charge in [-0.15, -0.1) is 0 Å². The lowest BCUT2D eigenvalue weighted by Crippen LogP contribution is -2.49. The van der Waals surface area contributed by atoms with Crippen LogP contribution in [-0.2, 0) is 0 Å². The Labute approximate surface area is 87.1 Å². The third kappa shape index (κ3) is 2.29. The molecule has 14 heavy (non-hydrogen) atoms. The summed E-state index contributed by atoms with van der Waals surface area (Å²) in [6.07, 6.45) is 8.74. The molecule has 0 radical (unpaired) electrons. The second-order valence-corrected chi connectivity index (χ2v) is 5.10. The van der Waals surface area contributed by atoms with E-state index in [0.29, 0.717) is 12.1 Å². The molecule has 0 aliphatic heterocycles. The van der Waals surface area contributed by atoms with E-state index >= 15 is 0 Å². The summed E-state index contributed by atoms with van der Waals surface area (Å²) < 4.78 is 0. The van der Waals surface area contributed by atoms with Gasteiger partial charge >= 0.3 is 0 Å². The molecule has 3 atom stereocenters. The van der Waals surface area contributed by atoms with Gasteiger partial charge < -0.3 is 10.4 Å². The van der Waals surface area contributed by atoms with Crippen LogP contribution < -0.4 is 5.32 Å². The molecule has 0 amide bonds. The monoisotopic (exact) mass is 197 g/mol. The Balaban J connectivity index is 1.76. The fraction of sp³-hybridized carbons (Fsp3) is 1.00. The minimum atomic E-state index is -0.0914. The SMILES string of the molecule is CC(N[C@H]1CCCC[C@@H]1O)C1CCC1. The lowest BCUT2D eigenvalue weighted by Gasteiger charge is -2.37. The Bertz CT molecular complexity index is 179. The Kier molecular flexibility index (Phi) is 3.45. The fourth-order valence-electron chi connectivity index (χ4n) is 2.72. The number of aliphatic hydroxyl groups is 1. The van der Waals surface area contributed by atoms with Crippen molar-refractivity contribution in [1.82, 2.24) is 5.32 Å². The van der Waals surface area contributed by atoms with Gasteiger partial charge in [0, 0.05) is 12.1 Å². The first-order valence-electron chi connectivity index (χ1n) is 6.21. The maximum absolute atomic E-state index is 9.83. The molecule has 1 unspecified atom stereocenters. The standard InChI is InChI=1S/C12H23NO/c1-9(10-5-4-6-10)13-11-7-2-3-8-12(11)14/h9-14H,2-8H2,1H3/t9?,11-,12-/m0/s1. The van der Waals surface area contributed by atoms with Gasteiger partial charge in [-0.1, -0.05) is 19.3 Å². The van der Waals surface area contributed by atoms with E-state index in [4.69, 9.17) is 0 Å². The molecule has 2 rings (SSSR count). The van der Waals surface area contributed by atoms with Gasteiger partial charge in [0.1, 0.15) is 0 Å². The van der Waals surface area contributed by atoms with Gasteiger partial charge in [-0.25, -0.2) is 0 Å². The van der Waals surface area contributed by atoms with E-state index < -0.39 is 0 Å². The largest absolute Gasteiger partial charge is 0.392 e. The number of hydrogen-bond acceptors (Lipinski definition) is 2. The Morgan fingerprint density at radius 2 is 1.79 bits per heavy atom. The lowest BCUT2D eigenvalue weighted by molar-refractivity contribution is 0.0756. The van der Waals surface area contributed by atoms with Gasteiger partial charge in [0.15, 0.2) is 0 Å². The summed E-state index contributed by atoms with van der Waals surface area (Å²) in [7, 11) is 0. The quantitative estimate of drug-likeness (QED) is 0.726. The topological polar surface area (TPSA) is 32.3 Å². The van der Waals surface area contributed by atoms with E-state index in [9.17, 15) is 5.11 Å². The zero-order valence-corrected chi connectivity index (χ0v) is 9.21. The zero-order valence-electron chi connectivity index (χ0n) is 9.21. The first-order chi connectivity index (χ1) is 6.77. The number of hydrogen-bond donors (Lipinski definition) is 2. The van der Waals surface area contributed by atoms with Crippen LogP contribution in [0.2, 0.25) is 0 Å². The maximum Gasteiger partial charge on any atom is 0.0693 e. The summed E-state index contributed by atoms with van der Waals surface area (Å²) in [4.78, 5) is 0. The third-order valence-electron chi connectivity index (χ3n) is 4.06. The second kappa shape index (κ2) is 4.63. The van der Waals surface area contributed by atoms with Crippen LogP contribution in [-0.4, -0.2) is 23.3 Å². The van der Waals surface area contributed by atoms with Crippen molar-refractivity contribution in [2.45, 2.75) is 70.1 Å². The average Bonchev–Trinajstić information content (AvgIpc) is 2.05. The van der Waals surface area contributed by atoms with Crippen molar-refractivity contribution in [2.24, 2.45) is 5.92 Å². The predicted octanol–water partition coefficient (Wildman–Crippen LogP) is 2.07. The van der Waals surface area contributed by atoms with Gasteiger partial charge in [0.2, 0.25) is 0 Å². The van der Waals surface area contributed by atoms with Crippen LogP contribution in [0, 0.1) is 5.92 Å². The maximum atomic E-state index is 9.83. The molecule has 0 saturated heterocycles. The van der Waals surface area contributed by atoms with E-state index in [0.717, 1.165) is 18.8 Å². The lowest BCUT2D eigenvalue weighted by atomic mass is 9.79. The number of rotatable bonds is 3. The molecular weight excluding hydrogens is 174 g/mol. The summed E-state index contributed by atoms with van der Waals surface area (Å²) in [6, 6.07) is 0.987. The van der Waals surface area contributed by atoms with E-state index in [2.05, 4.69) is 12.2 Å². The molecule has 2 saturated carbocycles. The van der Waals surface area contributed by atoms with Crippen molar-refractivity contribution in [2.75, 3.05) is 0 Å². The molecule has 0 aromatic heterocycles. The van der Waals surface area contributed by atoms with Crippen LogP contribution in [0.25, 0.3) is 0 Å². The van der Waals surface area contributed by atoms with Crippen LogP contribution in [0.15, 0.2) is 0 Å². The fourth-order valence-corrected chi connectivity index (χ4v) is 2.72. The first-order valence-corrected chi connectivity index (χ1v) is 6.21. The van der Waals surface area contributed by atoms with E-state index in [-0.39, 0.29) is 6.10 Å². The summed E-state index contributed by atoms with van der Waals surface area (Å²) in [6.45, 7) is 2.28. The molecule has 2 fully saturated rings. The minimum absolute atomic E-state index is 0.0914. The Morgan fingerprint density at radius 1 is 1.07 bits per heavy atom. The number of aliphatic hydroxyl groups excluding tert-OH is 1. The number of nitrogens with one attached hydrogen (secondary N) is 1. The molecule has 0 aromatic carbocycles. The normalized spacial score (nSPS) is 36.4. The van der Waals surface area contributed by atoms with Crippen molar-refractivity contribution >= 4 is 0 Å². The van der Waals surface area contributed by atoms with Gasteiger partial charge in [0.05, 0.1) is 6.10 Å². The Morgan fingerprint density at radius 3 is 2.36 bits per heavy atom. The third-order valence-corrected chi connectivity index (χ3v) is 4.06. The minimum Gasteiger partial charge on any atom is -0.392 e. The summed E-state index contributed by atoms with van der Waals surface area (Å²) in [5.41, 5.74) is 0. The van der Waals surface area contributed by atoms with Crippen LogP contribution >= 0.6 is 0 Å². The van der Waals surface area contributed by atoms with Crippen LogP contribution in [0.1, 0.15) is 51.9 Å². The van der Waals surface area contributed by atoms with E-state index in [1.54, 1.807) is 0 Å². The molecule has 2 aliphatic carbocycles. The van der Waals surface area contributed by atoms with Gasteiger partial charge in [0.25, 0.3) is 0 Å². The second-order valence-electron chi connectivity index (χ2n) is 5.10. The zero-order chi connectivity index (χ0) is 9.97. The van der Waals surface area contributed by atoms with Gasteiger partial charge in [-0.3, -0.25) is 0 Å². The highest BCUT2D eigenvalue weighted by Gasteiger charge is 2.29. The smallest absolute Gasteiger partial charge is 0.0693 e. The molecule has 0 bridgehead atoms. The van der Waals surface area contributed by atoms with Crippen LogP contribution in [0.3, 0.4) is 0 Å². The molecule has 0 heterocycles. The molecule has 2 heteroatoms. The molecule has 0 spiro atoms. The summed E-state index contributed by atoms with van der Waals surface area (Å²) in [5, 5.41) is 13.4. The predicted molar refractivity (Wildman–Crippen MR) is 58.2 cm³/mol. The highest BCUT2D eigenvalue weighted by Crippen LogP contribution is 2.30. The van der Waals surface area contributed by atoms with Crippen LogP contribution in [0.4, 0.5) is 0 Å². The first kappa shape index (κ1) is 10.4. The van der Waals surface area contributed by atoms with Crippen molar-refractivity contribution in [3.05, 3.63) is 0 Å². The molecular formula is C12H23NO. The summed E-state index contributed by atoms with van der Waals surface area (Å²) >= 11 is 0. The van der Waals surface area contributed by atoms with Crippen molar-refractivity contribution in [1.29, 1.82) is 0 Å². The van der Waals surface area contributed by atoms with Gasteiger partial charge in [-0.2, -0.15) is 0 Å². The highest BCUT2D eigenvalue weighted by molar-refractivity contribution is 4.86. The Hall–Kier alpha value is -0.0800. The average molecular weight is 197 g/mol.